The topological polar surface area (TPSA) is 60.2 Å². The van der Waals surface area contributed by atoms with E-state index in [1.807, 2.05) is 0 Å². The van der Waals surface area contributed by atoms with Crippen LogP contribution in [0.4, 0.5) is 13.2 Å². The van der Waals surface area contributed by atoms with Crippen molar-refractivity contribution in [3.63, 3.8) is 0 Å². The Morgan fingerprint density at radius 1 is 1.24 bits per heavy atom. The predicted molar refractivity (Wildman–Crippen MR) is 57.2 cm³/mol. The lowest BCUT2D eigenvalue weighted by molar-refractivity contribution is -0.138. The zero-order valence-electron chi connectivity index (χ0n) is 9.03. The van der Waals surface area contributed by atoms with E-state index in [4.69, 9.17) is 5.73 Å². The number of rotatable bonds is 3. The van der Waals surface area contributed by atoms with Gasteiger partial charge in [-0.2, -0.15) is 13.2 Å². The first kappa shape index (κ1) is 14.0. The van der Waals surface area contributed by atoms with E-state index in [-0.39, 0.29) is 10.5 Å². The monoisotopic (exact) mass is 267 g/mol. The number of benzene rings is 1. The first-order chi connectivity index (χ1) is 7.59. The molecule has 0 heterocycles. The van der Waals surface area contributed by atoms with Gasteiger partial charge in [0.05, 0.1) is 11.3 Å². The molecule has 96 valence electrons. The highest BCUT2D eigenvalue weighted by atomic mass is 32.2. The molecular weight excluding hydrogens is 255 g/mol. The van der Waals surface area contributed by atoms with Gasteiger partial charge in [-0.05, 0) is 17.7 Å². The normalized spacial score (nSPS) is 14.6. The van der Waals surface area contributed by atoms with E-state index >= 15 is 0 Å². The van der Waals surface area contributed by atoms with Crippen LogP contribution in [0.15, 0.2) is 29.2 Å². The molecule has 0 saturated heterocycles. The van der Waals surface area contributed by atoms with Gasteiger partial charge in [0.15, 0.2) is 9.84 Å². The molecule has 7 heteroatoms. The zero-order valence-corrected chi connectivity index (χ0v) is 9.85. The Balaban J connectivity index is 2.88. The molecule has 1 rings (SSSR count). The molecule has 1 atom stereocenters. The molecular formula is C10H12F3NO2S. The predicted octanol–water partition coefficient (Wildman–Crippen LogP) is 2.04. The van der Waals surface area contributed by atoms with E-state index < -0.39 is 28.5 Å². The fraction of sp³-hybridized carbons (Fsp3) is 0.400. The van der Waals surface area contributed by atoms with Gasteiger partial charge >= 0.3 is 6.18 Å². The fourth-order valence-corrected chi connectivity index (χ4v) is 1.96. The Hall–Kier alpha value is -1.08. The summed E-state index contributed by atoms with van der Waals surface area (Å²) in [4.78, 5) is 0.0560. The summed E-state index contributed by atoms with van der Waals surface area (Å²) < 4.78 is 58.5. The molecule has 0 aliphatic heterocycles. The van der Waals surface area contributed by atoms with Crippen LogP contribution < -0.4 is 5.73 Å². The highest BCUT2D eigenvalue weighted by Gasteiger charge is 2.30. The van der Waals surface area contributed by atoms with Gasteiger partial charge in [0, 0.05) is 12.3 Å². The summed E-state index contributed by atoms with van der Waals surface area (Å²) in [6, 6.07) is 3.92. The summed E-state index contributed by atoms with van der Waals surface area (Å²) >= 11 is 0. The summed E-state index contributed by atoms with van der Waals surface area (Å²) in [5.41, 5.74) is 5.63. The van der Waals surface area contributed by atoms with Gasteiger partial charge in [-0.1, -0.05) is 12.1 Å². The molecule has 1 aromatic carbocycles. The third kappa shape index (κ3) is 4.35. The maximum absolute atomic E-state index is 12.1. The minimum atomic E-state index is -4.34. The number of hydrogen-bond donors (Lipinski definition) is 1. The molecule has 0 amide bonds. The van der Waals surface area contributed by atoms with Crippen molar-refractivity contribution in [2.75, 3.05) is 6.26 Å². The lowest BCUT2D eigenvalue weighted by Gasteiger charge is -2.14. The van der Waals surface area contributed by atoms with Crippen LogP contribution in [0.1, 0.15) is 18.0 Å². The number of nitrogens with two attached hydrogens (primary N) is 1. The minimum Gasteiger partial charge on any atom is -0.324 e. The van der Waals surface area contributed by atoms with Crippen LogP contribution in [0.2, 0.25) is 0 Å². The van der Waals surface area contributed by atoms with E-state index in [1.165, 1.54) is 24.3 Å². The smallest absolute Gasteiger partial charge is 0.324 e. The van der Waals surface area contributed by atoms with Crippen molar-refractivity contribution in [1.29, 1.82) is 0 Å². The Labute approximate surface area is 97.4 Å². The average molecular weight is 267 g/mol. The molecule has 0 bridgehead atoms. The lowest BCUT2D eigenvalue weighted by atomic mass is 10.0. The van der Waals surface area contributed by atoms with E-state index in [1.54, 1.807) is 0 Å². The molecule has 2 N–H and O–H groups in total. The molecule has 0 saturated carbocycles. The summed E-state index contributed by atoms with van der Waals surface area (Å²) in [6.07, 6.45) is -4.45. The van der Waals surface area contributed by atoms with Gasteiger partial charge in [-0.15, -0.1) is 0 Å². The minimum absolute atomic E-state index is 0.0560. The van der Waals surface area contributed by atoms with Crippen LogP contribution in [0.25, 0.3) is 0 Å². The molecule has 0 fully saturated rings. The Bertz CT molecular complexity index is 479. The fourth-order valence-electron chi connectivity index (χ4n) is 1.33. The maximum atomic E-state index is 12.1. The Morgan fingerprint density at radius 3 is 2.06 bits per heavy atom. The van der Waals surface area contributed by atoms with Crippen molar-refractivity contribution in [3.05, 3.63) is 29.8 Å². The van der Waals surface area contributed by atoms with Crippen molar-refractivity contribution in [3.8, 4) is 0 Å². The first-order valence-corrected chi connectivity index (χ1v) is 6.61. The van der Waals surface area contributed by atoms with Gasteiger partial charge in [-0.3, -0.25) is 0 Å². The third-order valence-electron chi connectivity index (χ3n) is 2.19. The largest absolute Gasteiger partial charge is 0.390 e. The number of alkyl halides is 3. The highest BCUT2D eigenvalue weighted by molar-refractivity contribution is 7.90. The second kappa shape index (κ2) is 4.66. The van der Waals surface area contributed by atoms with Gasteiger partial charge in [-0.25, -0.2) is 8.42 Å². The van der Waals surface area contributed by atoms with Crippen molar-refractivity contribution in [2.45, 2.75) is 23.5 Å². The van der Waals surface area contributed by atoms with E-state index in [9.17, 15) is 21.6 Å². The van der Waals surface area contributed by atoms with Crippen molar-refractivity contribution >= 4 is 9.84 Å². The van der Waals surface area contributed by atoms with Crippen LogP contribution in [-0.4, -0.2) is 20.8 Å². The zero-order chi connectivity index (χ0) is 13.3. The molecule has 0 aliphatic rings. The third-order valence-corrected chi connectivity index (χ3v) is 3.32. The van der Waals surface area contributed by atoms with Crippen LogP contribution in [-0.2, 0) is 9.84 Å². The Kier molecular flexibility index (Phi) is 3.83. The number of hydrogen-bond acceptors (Lipinski definition) is 3. The average Bonchev–Trinajstić information content (AvgIpc) is 2.14. The van der Waals surface area contributed by atoms with E-state index in [0.717, 1.165) is 6.26 Å². The first-order valence-electron chi connectivity index (χ1n) is 4.72. The van der Waals surface area contributed by atoms with Gasteiger partial charge in [0.2, 0.25) is 0 Å². The molecule has 0 unspecified atom stereocenters. The van der Waals surface area contributed by atoms with Crippen LogP contribution in [0.5, 0.6) is 0 Å². The van der Waals surface area contributed by atoms with Crippen LogP contribution in [0.3, 0.4) is 0 Å². The van der Waals surface area contributed by atoms with Crippen molar-refractivity contribution in [2.24, 2.45) is 5.73 Å². The van der Waals surface area contributed by atoms with Gasteiger partial charge in [0.1, 0.15) is 0 Å². The molecule has 0 radical (unpaired) electrons. The molecule has 0 spiro atoms. The van der Waals surface area contributed by atoms with Crippen LogP contribution in [0, 0.1) is 0 Å². The summed E-state index contributed by atoms with van der Waals surface area (Å²) in [5.74, 6) is 0. The number of sulfone groups is 1. The van der Waals surface area contributed by atoms with E-state index in [2.05, 4.69) is 0 Å². The maximum Gasteiger partial charge on any atom is 0.390 e. The quantitative estimate of drug-likeness (QED) is 0.911. The van der Waals surface area contributed by atoms with Crippen molar-refractivity contribution in [1.82, 2.24) is 0 Å². The summed E-state index contributed by atoms with van der Waals surface area (Å²) in [6.45, 7) is 0. The molecule has 0 aromatic heterocycles. The summed E-state index contributed by atoms with van der Waals surface area (Å²) in [7, 11) is -3.34. The SMILES string of the molecule is CS(=O)(=O)c1ccc([C@H](N)CC(F)(F)F)cc1. The summed E-state index contributed by atoms with van der Waals surface area (Å²) in [5, 5.41) is 0. The van der Waals surface area contributed by atoms with Gasteiger partial charge in [0.25, 0.3) is 0 Å². The van der Waals surface area contributed by atoms with Crippen LogP contribution >= 0.6 is 0 Å². The highest BCUT2D eigenvalue weighted by Crippen LogP contribution is 2.28. The second-order valence-electron chi connectivity index (χ2n) is 3.77. The van der Waals surface area contributed by atoms with Gasteiger partial charge < -0.3 is 5.73 Å². The Morgan fingerprint density at radius 2 is 1.71 bits per heavy atom. The molecule has 3 nitrogen and oxygen atoms in total. The van der Waals surface area contributed by atoms with Crippen molar-refractivity contribution < 1.29 is 21.6 Å². The standard InChI is InChI=1S/C10H12F3NO2S/c1-17(15,16)8-4-2-7(3-5-8)9(14)6-10(11,12)13/h2-5,9H,6,14H2,1H3/t9-/m1/s1. The van der Waals surface area contributed by atoms with E-state index in [0.29, 0.717) is 0 Å². The molecule has 1 aromatic rings. The lowest BCUT2D eigenvalue weighted by Crippen LogP contribution is -2.20. The second-order valence-corrected chi connectivity index (χ2v) is 5.78. The molecule has 17 heavy (non-hydrogen) atoms. The molecule has 0 aliphatic carbocycles. The number of halogens is 3.